The Balaban J connectivity index is 2.30. The number of rotatable bonds is 3. The average molecular weight is 261 g/mol. The quantitative estimate of drug-likeness (QED) is 0.898. The van der Waals surface area contributed by atoms with E-state index < -0.39 is 0 Å². The second-order valence-electron chi connectivity index (χ2n) is 5.74. The van der Waals surface area contributed by atoms with Gasteiger partial charge in [0.25, 0.3) is 0 Å². The summed E-state index contributed by atoms with van der Waals surface area (Å²) in [4.78, 5) is 5.05. The molecule has 19 heavy (non-hydrogen) atoms. The Bertz CT molecular complexity index is 416. The number of nitrogens with zero attached hydrogens (tertiary/aromatic N) is 2. The summed E-state index contributed by atoms with van der Waals surface area (Å²) in [5, 5.41) is 3.35. The van der Waals surface area contributed by atoms with E-state index >= 15 is 0 Å². The van der Waals surface area contributed by atoms with Crippen LogP contribution >= 0.6 is 0 Å². The van der Waals surface area contributed by atoms with Crippen LogP contribution in [0.15, 0.2) is 18.2 Å². The molecule has 2 rings (SSSR count). The van der Waals surface area contributed by atoms with Gasteiger partial charge in [-0.15, -0.1) is 0 Å². The van der Waals surface area contributed by atoms with Crippen molar-refractivity contribution in [2.75, 3.05) is 45.2 Å². The van der Waals surface area contributed by atoms with Crippen molar-refractivity contribution in [3.63, 3.8) is 0 Å². The summed E-state index contributed by atoms with van der Waals surface area (Å²) in [6.45, 7) is 8.97. The van der Waals surface area contributed by atoms with Crippen LogP contribution in [0.1, 0.15) is 17.5 Å². The van der Waals surface area contributed by atoms with Crippen LogP contribution in [0.5, 0.6) is 0 Å². The smallest absolute Gasteiger partial charge is 0.0541 e. The van der Waals surface area contributed by atoms with E-state index in [4.69, 9.17) is 0 Å². The van der Waals surface area contributed by atoms with Crippen LogP contribution in [0, 0.1) is 13.8 Å². The summed E-state index contributed by atoms with van der Waals surface area (Å²) < 4.78 is 0. The molecule has 0 amide bonds. The van der Waals surface area contributed by atoms with E-state index in [1.165, 1.54) is 29.8 Å². The lowest BCUT2D eigenvalue weighted by molar-refractivity contribution is 0.328. The zero-order valence-electron chi connectivity index (χ0n) is 12.7. The molecule has 0 aromatic heterocycles. The second-order valence-corrected chi connectivity index (χ2v) is 5.74. The van der Waals surface area contributed by atoms with Gasteiger partial charge in [-0.25, -0.2) is 0 Å². The van der Waals surface area contributed by atoms with Gasteiger partial charge in [-0.3, -0.25) is 0 Å². The molecule has 1 saturated heterocycles. The lowest BCUT2D eigenvalue weighted by Gasteiger charge is -2.34. The Labute approximate surface area is 117 Å². The molecule has 1 fully saturated rings. The minimum atomic E-state index is 0.554. The third-order valence-electron chi connectivity index (χ3n) is 4.23. The first kappa shape index (κ1) is 14.4. The fraction of sp³-hybridized carbons (Fsp3) is 0.625. The van der Waals surface area contributed by atoms with E-state index in [1.54, 1.807) is 0 Å². The van der Waals surface area contributed by atoms with Gasteiger partial charge in [0.1, 0.15) is 0 Å². The Hall–Kier alpha value is -1.06. The molecule has 1 N–H and O–H groups in total. The van der Waals surface area contributed by atoms with Crippen molar-refractivity contribution in [3.05, 3.63) is 29.3 Å². The highest BCUT2D eigenvalue weighted by Crippen LogP contribution is 2.26. The Morgan fingerprint density at radius 3 is 2.79 bits per heavy atom. The van der Waals surface area contributed by atoms with Crippen molar-refractivity contribution in [1.82, 2.24) is 10.2 Å². The monoisotopic (exact) mass is 261 g/mol. The Morgan fingerprint density at radius 1 is 1.26 bits per heavy atom. The predicted octanol–water partition coefficient (Wildman–Crippen LogP) is 2.03. The van der Waals surface area contributed by atoms with Gasteiger partial charge in [-0.2, -0.15) is 0 Å². The summed E-state index contributed by atoms with van der Waals surface area (Å²) in [6.07, 6.45) is 1.24. The van der Waals surface area contributed by atoms with Gasteiger partial charge in [-0.1, -0.05) is 12.1 Å². The molecule has 0 saturated carbocycles. The molecule has 106 valence electrons. The van der Waals surface area contributed by atoms with E-state index in [1.807, 2.05) is 7.05 Å². The van der Waals surface area contributed by atoms with Crippen LogP contribution in [-0.4, -0.2) is 51.2 Å². The molecule has 1 aromatic rings. The first-order valence-corrected chi connectivity index (χ1v) is 7.29. The summed E-state index contributed by atoms with van der Waals surface area (Å²) in [5.74, 6) is 0. The number of hydrogen-bond donors (Lipinski definition) is 1. The van der Waals surface area contributed by atoms with Crippen molar-refractivity contribution < 1.29 is 0 Å². The van der Waals surface area contributed by atoms with Gasteiger partial charge in [0.15, 0.2) is 0 Å². The fourth-order valence-corrected chi connectivity index (χ4v) is 3.02. The highest BCUT2D eigenvalue weighted by Gasteiger charge is 2.24. The molecule has 1 atom stereocenters. The van der Waals surface area contributed by atoms with Crippen LogP contribution in [0.25, 0.3) is 0 Å². The van der Waals surface area contributed by atoms with Crippen LogP contribution < -0.4 is 10.2 Å². The molecule has 1 heterocycles. The summed E-state index contributed by atoms with van der Waals surface area (Å²) in [7, 11) is 4.28. The van der Waals surface area contributed by atoms with Crippen LogP contribution in [0.3, 0.4) is 0 Å². The summed E-state index contributed by atoms with van der Waals surface area (Å²) in [6, 6.07) is 7.22. The number of likely N-dealkylation sites (N-methyl/N-ethyl adjacent to an activating group) is 2. The molecule has 0 spiro atoms. The van der Waals surface area contributed by atoms with E-state index in [9.17, 15) is 0 Å². The summed E-state index contributed by atoms with van der Waals surface area (Å²) >= 11 is 0. The number of anilines is 1. The van der Waals surface area contributed by atoms with Gasteiger partial charge >= 0.3 is 0 Å². The molecule has 1 aliphatic rings. The zero-order valence-corrected chi connectivity index (χ0v) is 12.7. The predicted molar refractivity (Wildman–Crippen MR) is 83.1 cm³/mol. The average Bonchev–Trinajstić information content (AvgIpc) is 2.55. The van der Waals surface area contributed by atoms with Gasteiger partial charge in [0.05, 0.1) is 6.04 Å². The SMILES string of the molecule is CNCC1CN(C)CCCN1c1cccc(C)c1C. The van der Waals surface area contributed by atoms with Crippen molar-refractivity contribution in [2.24, 2.45) is 0 Å². The van der Waals surface area contributed by atoms with Crippen LogP contribution in [0.2, 0.25) is 0 Å². The second kappa shape index (κ2) is 6.40. The number of benzene rings is 1. The van der Waals surface area contributed by atoms with Gasteiger partial charge in [-0.05, 0) is 58.1 Å². The third-order valence-corrected chi connectivity index (χ3v) is 4.23. The fourth-order valence-electron chi connectivity index (χ4n) is 3.02. The molecule has 1 aliphatic heterocycles. The van der Waals surface area contributed by atoms with Gasteiger partial charge in [0, 0.05) is 25.3 Å². The third kappa shape index (κ3) is 3.28. The Morgan fingerprint density at radius 2 is 2.05 bits per heavy atom. The molecule has 0 bridgehead atoms. The maximum absolute atomic E-state index is 3.35. The molecule has 1 unspecified atom stereocenters. The maximum atomic E-state index is 3.35. The Kier molecular flexibility index (Phi) is 4.83. The lowest BCUT2D eigenvalue weighted by Crippen LogP contribution is -2.46. The van der Waals surface area contributed by atoms with Crippen molar-refractivity contribution in [3.8, 4) is 0 Å². The first-order chi connectivity index (χ1) is 9.13. The molecule has 3 nitrogen and oxygen atoms in total. The lowest BCUT2D eigenvalue weighted by atomic mass is 10.1. The van der Waals surface area contributed by atoms with E-state index in [-0.39, 0.29) is 0 Å². The van der Waals surface area contributed by atoms with Crippen LogP contribution in [0.4, 0.5) is 5.69 Å². The van der Waals surface area contributed by atoms with E-state index in [0.717, 1.165) is 19.6 Å². The first-order valence-electron chi connectivity index (χ1n) is 7.29. The number of nitrogens with one attached hydrogen (secondary N) is 1. The minimum absolute atomic E-state index is 0.554. The zero-order chi connectivity index (χ0) is 13.8. The van der Waals surface area contributed by atoms with E-state index in [2.05, 4.69) is 54.2 Å². The molecule has 1 aromatic carbocycles. The largest absolute Gasteiger partial charge is 0.366 e. The highest BCUT2D eigenvalue weighted by atomic mass is 15.2. The molecular weight excluding hydrogens is 234 g/mol. The standard InChI is InChI=1S/C16H27N3/c1-13-7-5-8-16(14(13)2)19-10-6-9-18(4)12-15(19)11-17-3/h5,7-8,15,17H,6,9-12H2,1-4H3. The van der Waals surface area contributed by atoms with E-state index in [0.29, 0.717) is 6.04 Å². The van der Waals surface area contributed by atoms with Crippen molar-refractivity contribution in [1.29, 1.82) is 0 Å². The molecule has 3 heteroatoms. The van der Waals surface area contributed by atoms with Crippen molar-refractivity contribution in [2.45, 2.75) is 26.3 Å². The van der Waals surface area contributed by atoms with Gasteiger partial charge in [0.2, 0.25) is 0 Å². The molecule has 0 aliphatic carbocycles. The molecule has 0 radical (unpaired) electrons. The normalized spacial score (nSPS) is 21.5. The topological polar surface area (TPSA) is 18.5 Å². The highest BCUT2D eigenvalue weighted by molar-refractivity contribution is 5.57. The van der Waals surface area contributed by atoms with Gasteiger partial charge < -0.3 is 15.1 Å². The van der Waals surface area contributed by atoms with Crippen LogP contribution in [-0.2, 0) is 0 Å². The van der Waals surface area contributed by atoms with Crippen molar-refractivity contribution >= 4 is 5.69 Å². The summed E-state index contributed by atoms with van der Waals surface area (Å²) in [5.41, 5.74) is 4.22. The molecular formula is C16H27N3. The number of aryl methyl sites for hydroxylation is 1. The maximum Gasteiger partial charge on any atom is 0.0541 e. The minimum Gasteiger partial charge on any atom is -0.366 e. The number of hydrogen-bond acceptors (Lipinski definition) is 3.